The van der Waals surface area contributed by atoms with Crippen molar-refractivity contribution in [1.29, 1.82) is 0 Å². The molecule has 0 heterocycles. The van der Waals surface area contributed by atoms with Gasteiger partial charge in [0.1, 0.15) is 0 Å². The van der Waals surface area contributed by atoms with E-state index in [1.165, 1.54) is 12.8 Å². The van der Waals surface area contributed by atoms with Crippen LogP contribution in [0.4, 0.5) is 16.2 Å². The second-order valence-corrected chi connectivity index (χ2v) is 5.32. The van der Waals surface area contributed by atoms with E-state index < -0.39 is 0 Å². The summed E-state index contributed by atoms with van der Waals surface area (Å²) in [7, 11) is 0. The SMILES string of the molecule is C=CCNC(=O)Nc1ccc(NC(=O)CNCC2CC2)cc1. The number of benzene rings is 1. The highest BCUT2D eigenvalue weighted by atomic mass is 16.2. The van der Waals surface area contributed by atoms with E-state index in [9.17, 15) is 9.59 Å². The van der Waals surface area contributed by atoms with Crippen molar-refractivity contribution in [3.8, 4) is 0 Å². The van der Waals surface area contributed by atoms with Crippen molar-refractivity contribution in [3.05, 3.63) is 36.9 Å². The molecule has 1 aromatic rings. The van der Waals surface area contributed by atoms with Crippen LogP contribution in [0.15, 0.2) is 36.9 Å². The number of rotatable bonds is 8. The Balaban J connectivity index is 1.71. The van der Waals surface area contributed by atoms with Gasteiger partial charge in [-0.05, 0) is 49.6 Å². The Labute approximate surface area is 130 Å². The molecule has 0 atom stereocenters. The number of hydrogen-bond acceptors (Lipinski definition) is 3. The van der Waals surface area contributed by atoms with Crippen molar-refractivity contribution in [1.82, 2.24) is 10.6 Å². The van der Waals surface area contributed by atoms with Crippen LogP contribution in [0.25, 0.3) is 0 Å². The molecule has 6 heteroatoms. The van der Waals surface area contributed by atoms with Crippen LogP contribution in [0.5, 0.6) is 0 Å². The number of amides is 3. The summed E-state index contributed by atoms with van der Waals surface area (Å²) in [5, 5.41) is 11.3. The summed E-state index contributed by atoms with van der Waals surface area (Å²) >= 11 is 0. The molecule has 2 rings (SSSR count). The van der Waals surface area contributed by atoms with Crippen molar-refractivity contribution in [2.75, 3.05) is 30.3 Å². The summed E-state index contributed by atoms with van der Waals surface area (Å²) in [4.78, 5) is 23.2. The lowest BCUT2D eigenvalue weighted by Crippen LogP contribution is -2.29. The Morgan fingerprint density at radius 2 is 1.77 bits per heavy atom. The normalized spacial score (nSPS) is 13.3. The third-order valence-corrected chi connectivity index (χ3v) is 3.25. The molecule has 6 nitrogen and oxygen atoms in total. The van der Waals surface area contributed by atoms with Gasteiger partial charge < -0.3 is 21.3 Å². The molecule has 1 aromatic carbocycles. The van der Waals surface area contributed by atoms with Gasteiger partial charge in [-0.1, -0.05) is 6.08 Å². The molecular formula is C16H22N4O2. The Bertz CT molecular complexity index is 523. The number of carbonyl (C=O) groups excluding carboxylic acids is 2. The van der Waals surface area contributed by atoms with Crippen LogP contribution >= 0.6 is 0 Å². The Morgan fingerprint density at radius 1 is 1.14 bits per heavy atom. The lowest BCUT2D eigenvalue weighted by Gasteiger charge is -2.09. The van der Waals surface area contributed by atoms with Gasteiger partial charge >= 0.3 is 6.03 Å². The molecular weight excluding hydrogens is 280 g/mol. The van der Waals surface area contributed by atoms with Gasteiger partial charge in [0.15, 0.2) is 0 Å². The molecule has 1 saturated carbocycles. The monoisotopic (exact) mass is 302 g/mol. The van der Waals surface area contributed by atoms with Gasteiger partial charge in [-0.2, -0.15) is 0 Å². The lowest BCUT2D eigenvalue weighted by atomic mass is 10.2. The highest BCUT2D eigenvalue weighted by Crippen LogP contribution is 2.27. The molecule has 0 aliphatic heterocycles. The molecule has 118 valence electrons. The number of carbonyl (C=O) groups is 2. The summed E-state index contributed by atoms with van der Waals surface area (Å²) in [6.07, 6.45) is 4.14. The van der Waals surface area contributed by atoms with Crippen molar-refractivity contribution in [3.63, 3.8) is 0 Å². The number of urea groups is 1. The van der Waals surface area contributed by atoms with Crippen LogP contribution in [-0.4, -0.2) is 31.6 Å². The van der Waals surface area contributed by atoms with Crippen molar-refractivity contribution >= 4 is 23.3 Å². The van der Waals surface area contributed by atoms with Gasteiger partial charge in [0, 0.05) is 17.9 Å². The van der Waals surface area contributed by atoms with Gasteiger partial charge in [-0.15, -0.1) is 6.58 Å². The molecule has 0 unspecified atom stereocenters. The van der Waals surface area contributed by atoms with Gasteiger partial charge in [-0.25, -0.2) is 4.79 Å². The van der Waals surface area contributed by atoms with Gasteiger partial charge in [-0.3, -0.25) is 4.79 Å². The van der Waals surface area contributed by atoms with Crippen molar-refractivity contribution < 1.29 is 9.59 Å². The number of hydrogen-bond donors (Lipinski definition) is 4. The average Bonchev–Trinajstić information content (AvgIpc) is 3.31. The van der Waals surface area contributed by atoms with Crippen molar-refractivity contribution in [2.45, 2.75) is 12.8 Å². The highest BCUT2D eigenvalue weighted by molar-refractivity contribution is 5.93. The maximum absolute atomic E-state index is 11.7. The molecule has 0 saturated heterocycles. The van der Waals surface area contributed by atoms with E-state index in [4.69, 9.17) is 0 Å². The first-order valence-electron chi connectivity index (χ1n) is 7.44. The molecule has 0 aromatic heterocycles. The first-order chi connectivity index (χ1) is 10.7. The molecule has 22 heavy (non-hydrogen) atoms. The summed E-state index contributed by atoms with van der Waals surface area (Å²) in [6, 6.07) is 6.69. The average molecular weight is 302 g/mol. The van der Waals surface area contributed by atoms with E-state index >= 15 is 0 Å². The minimum absolute atomic E-state index is 0.0647. The second-order valence-electron chi connectivity index (χ2n) is 5.32. The third kappa shape index (κ3) is 5.97. The first-order valence-corrected chi connectivity index (χ1v) is 7.44. The molecule has 1 aliphatic rings. The second kappa shape index (κ2) is 8.19. The van der Waals surface area contributed by atoms with Crippen LogP contribution in [0.3, 0.4) is 0 Å². The Morgan fingerprint density at radius 3 is 2.36 bits per heavy atom. The van der Waals surface area contributed by atoms with E-state index in [1.54, 1.807) is 30.3 Å². The van der Waals surface area contributed by atoms with Crippen LogP contribution in [0.2, 0.25) is 0 Å². The summed E-state index contributed by atoms with van der Waals surface area (Å²) in [6.45, 7) is 5.17. The maximum atomic E-state index is 11.7. The summed E-state index contributed by atoms with van der Waals surface area (Å²) < 4.78 is 0. The quantitative estimate of drug-likeness (QED) is 0.554. The van der Waals surface area contributed by atoms with Crippen LogP contribution in [-0.2, 0) is 4.79 Å². The zero-order valence-corrected chi connectivity index (χ0v) is 12.5. The fourth-order valence-electron chi connectivity index (χ4n) is 1.89. The maximum Gasteiger partial charge on any atom is 0.319 e. The zero-order chi connectivity index (χ0) is 15.8. The zero-order valence-electron chi connectivity index (χ0n) is 12.5. The van der Waals surface area contributed by atoms with Crippen LogP contribution in [0.1, 0.15) is 12.8 Å². The smallest absolute Gasteiger partial charge is 0.319 e. The topological polar surface area (TPSA) is 82.3 Å². The molecule has 1 fully saturated rings. The van der Waals surface area contributed by atoms with E-state index in [0.29, 0.717) is 24.5 Å². The van der Waals surface area contributed by atoms with Crippen LogP contribution < -0.4 is 21.3 Å². The van der Waals surface area contributed by atoms with E-state index in [1.807, 2.05) is 0 Å². The number of anilines is 2. The first kappa shape index (κ1) is 16.0. The van der Waals surface area contributed by atoms with E-state index in [-0.39, 0.29) is 11.9 Å². The summed E-state index contributed by atoms with van der Waals surface area (Å²) in [5.41, 5.74) is 1.36. The van der Waals surface area contributed by atoms with Gasteiger partial charge in [0.2, 0.25) is 5.91 Å². The standard InChI is InChI=1S/C16H22N4O2/c1-2-9-18-16(22)20-14-7-5-13(6-8-14)19-15(21)11-17-10-12-3-4-12/h2,5-8,12,17H,1,3-4,9-11H2,(H,19,21)(H2,18,20,22). The minimum atomic E-state index is -0.291. The molecule has 0 bridgehead atoms. The molecule has 1 aliphatic carbocycles. The third-order valence-electron chi connectivity index (χ3n) is 3.25. The molecule has 3 amide bonds. The van der Waals surface area contributed by atoms with Gasteiger partial charge in [0.25, 0.3) is 0 Å². The van der Waals surface area contributed by atoms with E-state index in [2.05, 4.69) is 27.8 Å². The van der Waals surface area contributed by atoms with E-state index in [0.717, 1.165) is 12.5 Å². The molecule has 4 N–H and O–H groups in total. The predicted molar refractivity (Wildman–Crippen MR) is 87.9 cm³/mol. The lowest BCUT2D eigenvalue weighted by molar-refractivity contribution is -0.115. The Hall–Kier alpha value is -2.34. The van der Waals surface area contributed by atoms with Gasteiger partial charge in [0.05, 0.1) is 6.54 Å². The number of nitrogens with one attached hydrogen (secondary N) is 4. The minimum Gasteiger partial charge on any atom is -0.334 e. The fourth-order valence-corrected chi connectivity index (χ4v) is 1.89. The highest BCUT2D eigenvalue weighted by Gasteiger charge is 2.20. The summed E-state index contributed by atoms with van der Waals surface area (Å²) in [5.74, 6) is 0.690. The molecule has 0 radical (unpaired) electrons. The fraction of sp³-hybridized carbons (Fsp3) is 0.375. The predicted octanol–water partition coefficient (Wildman–Crippen LogP) is 1.93. The van der Waals surface area contributed by atoms with Crippen molar-refractivity contribution in [2.24, 2.45) is 5.92 Å². The van der Waals surface area contributed by atoms with Crippen LogP contribution in [0, 0.1) is 5.92 Å². The molecule has 0 spiro atoms. The largest absolute Gasteiger partial charge is 0.334 e. The Kier molecular flexibility index (Phi) is 5.97.